The summed E-state index contributed by atoms with van der Waals surface area (Å²) in [5, 5.41) is 11.5. The molecule has 1 aliphatic heterocycles. The molecule has 19 heavy (non-hydrogen) atoms. The monoisotopic (exact) mass is 292 g/mol. The van der Waals surface area contributed by atoms with Gasteiger partial charge in [0.05, 0.1) is 11.7 Å². The zero-order chi connectivity index (χ0) is 14.6. The first-order valence-electron chi connectivity index (χ1n) is 6.15. The van der Waals surface area contributed by atoms with E-state index in [0.717, 1.165) is 6.26 Å². The molecule has 0 bridgehead atoms. The number of carboxylic acid groups (broad SMARTS) is 1. The molecule has 2 atom stereocenters. The molecule has 0 aromatic rings. The number of amides is 2. The minimum absolute atomic E-state index is 0.130. The first-order chi connectivity index (χ1) is 8.69. The van der Waals surface area contributed by atoms with Crippen LogP contribution in [0.5, 0.6) is 0 Å². The van der Waals surface area contributed by atoms with E-state index in [-0.39, 0.29) is 12.3 Å². The summed E-state index contributed by atoms with van der Waals surface area (Å²) in [6.45, 7) is 2.28. The van der Waals surface area contributed by atoms with Crippen molar-refractivity contribution in [2.45, 2.75) is 25.8 Å². The molecule has 0 aromatic heterocycles. The summed E-state index contributed by atoms with van der Waals surface area (Å²) < 4.78 is 22.2. The Balaban J connectivity index is 2.51. The van der Waals surface area contributed by atoms with Gasteiger partial charge in [0.25, 0.3) is 0 Å². The smallest absolute Gasteiger partial charge is 0.317 e. The third kappa shape index (κ3) is 5.46. The molecule has 2 amide bonds. The lowest BCUT2D eigenvalue weighted by Crippen LogP contribution is -2.50. The van der Waals surface area contributed by atoms with Crippen molar-refractivity contribution in [2.75, 3.05) is 25.1 Å². The van der Waals surface area contributed by atoms with Gasteiger partial charge in [0, 0.05) is 25.4 Å². The fraction of sp³-hybridized carbons (Fsp3) is 0.818. The maximum Gasteiger partial charge on any atom is 0.317 e. The fourth-order valence-electron chi connectivity index (χ4n) is 2.16. The lowest BCUT2D eigenvalue weighted by Gasteiger charge is -2.31. The second-order valence-corrected chi connectivity index (χ2v) is 7.25. The van der Waals surface area contributed by atoms with Gasteiger partial charge in [-0.1, -0.05) is 0 Å². The van der Waals surface area contributed by atoms with E-state index < -0.39 is 33.8 Å². The summed E-state index contributed by atoms with van der Waals surface area (Å²) in [4.78, 5) is 24.2. The van der Waals surface area contributed by atoms with E-state index in [9.17, 15) is 18.0 Å². The lowest BCUT2D eigenvalue weighted by atomic mass is 9.99. The van der Waals surface area contributed by atoms with Gasteiger partial charge in [0.1, 0.15) is 9.84 Å². The molecule has 1 fully saturated rings. The van der Waals surface area contributed by atoms with E-state index in [2.05, 4.69) is 5.32 Å². The van der Waals surface area contributed by atoms with Crippen LogP contribution in [0.3, 0.4) is 0 Å². The van der Waals surface area contributed by atoms with Crippen molar-refractivity contribution in [2.24, 2.45) is 5.92 Å². The summed E-state index contributed by atoms with van der Waals surface area (Å²) in [6.07, 6.45) is 2.32. The van der Waals surface area contributed by atoms with Gasteiger partial charge in [-0.2, -0.15) is 0 Å². The van der Waals surface area contributed by atoms with Crippen molar-refractivity contribution < 1.29 is 23.1 Å². The maximum absolute atomic E-state index is 11.9. The third-order valence-corrected chi connectivity index (χ3v) is 4.09. The van der Waals surface area contributed by atoms with Crippen LogP contribution in [0.25, 0.3) is 0 Å². The van der Waals surface area contributed by atoms with Crippen LogP contribution < -0.4 is 5.32 Å². The number of aliphatic carboxylic acids is 1. The summed E-state index contributed by atoms with van der Waals surface area (Å²) in [5.74, 6) is -1.57. The molecule has 8 heteroatoms. The van der Waals surface area contributed by atoms with E-state index >= 15 is 0 Å². The van der Waals surface area contributed by atoms with E-state index in [1.165, 1.54) is 4.90 Å². The number of carbonyl (C=O) groups excluding carboxylic acids is 1. The van der Waals surface area contributed by atoms with Gasteiger partial charge in [-0.25, -0.2) is 13.2 Å². The van der Waals surface area contributed by atoms with Crippen molar-refractivity contribution in [3.05, 3.63) is 0 Å². The van der Waals surface area contributed by atoms with Crippen molar-refractivity contribution in [3.63, 3.8) is 0 Å². The van der Waals surface area contributed by atoms with Crippen LogP contribution in [0.4, 0.5) is 4.79 Å². The Morgan fingerprint density at radius 1 is 1.47 bits per heavy atom. The van der Waals surface area contributed by atoms with Crippen LogP contribution >= 0.6 is 0 Å². The van der Waals surface area contributed by atoms with Gasteiger partial charge in [0.15, 0.2) is 0 Å². The van der Waals surface area contributed by atoms with Crippen LogP contribution in [0.15, 0.2) is 0 Å². The van der Waals surface area contributed by atoms with Crippen LogP contribution in [-0.2, 0) is 14.6 Å². The Hall–Kier alpha value is -1.31. The minimum atomic E-state index is -3.15. The van der Waals surface area contributed by atoms with E-state index in [0.29, 0.717) is 19.4 Å². The number of sulfone groups is 1. The normalized spacial score (nSPS) is 21.8. The van der Waals surface area contributed by atoms with Gasteiger partial charge in [0.2, 0.25) is 0 Å². The largest absolute Gasteiger partial charge is 0.481 e. The Morgan fingerprint density at radius 3 is 2.63 bits per heavy atom. The fourth-order valence-corrected chi connectivity index (χ4v) is 3.15. The molecule has 1 heterocycles. The quantitative estimate of drug-likeness (QED) is 0.754. The predicted octanol–water partition coefficient (Wildman–Crippen LogP) is -0.0743. The van der Waals surface area contributed by atoms with Gasteiger partial charge in [-0.05, 0) is 19.8 Å². The van der Waals surface area contributed by atoms with Gasteiger partial charge in [-0.15, -0.1) is 0 Å². The molecule has 0 aliphatic carbocycles. The summed E-state index contributed by atoms with van der Waals surface area (Å²) >= 11 is 0. The number of rotatable bonds is 4. The average Bonchev–Trinajstić information content (AvgIpc) is 2.26. The summed E-state index contributed by atoms with van der Waals surface area (Å²) in [6, 6.07) is -0.894. The van der Waals surface area contributed by atoms with E-state index in [1.54, 1.807) is 6.92 Å². The molecule has 2 unspecified atom stereocenters. The van der Waals surface area contributed by atoms with Crippen molar-refractivity contribution in [1.29, 1.82) is 0 Å². The van der Waals surface area contributed by atoms with Crippen LogP contribution in [-0.4, -0.2) is 61.6 Å². The summed E-state index contributed by atoms with van der Waals surface area (Å²) in [7, 11) is -3.15. The van der Waals surface area contributed by atoms with E-state index in [1.807, 2.05) is 0 Å². The SMILES string of the molecule is CC(CS(C)(=O)=O)NC(=O)N1CCCC(C(=O)O)C1. The Labute approximate surface area is 112 Å². The molecule has 2 N–H and O–H groups in total. The Kier molecular flexibility index (Phi) is 5.16. The van der Waals surface area contributed by atoms with E-state index in [4.69, 9.17) is 5.11 Å². The maximum atomic E-state index is 11.9. The van der Waals surface area contributed by atoms with Gasteiger partial charge in [-0.3, -0.25) is 4.79 Å². The highest BCUT2D eigenvalue weighted by Gasteiger charge is 2.28. The number of urea groups is 1. The highest BCUT2D eigenvalue weighted by atomic mass is 32.2. The number of hydrogen-bond acceptors (Lipinski definition) is 4. The second kappa shape index (κ2) is 6.23. The molecule has 0 saturated carbocycles. The first-order valence-corrected chi connectivity index (χ1v) is 8.21. The summed E-state index contributed by atoms with van der Waals surface area (Å²) in [5.41, 5.74) is 0. The molecule has 1 rings (SSSR count). The molecule has 1 aliphatic rings. The van der Waals surface area contributed by atoms with Crippen molar-refractivity contribution in [3.8, 4) is 0 Å². The highest BCUT2D eigenvalue weighted by Crippen LogP contribution is 2.16. The minimum Gasteiger partial charge on any atom is -0.481 e. The van der Waals surface area contributed by atoms with Crippen LogP contribution in [0, 0.1) is 5.92 Å². The highest BCUT2D eigenvalue weighted by molar-refractivity contribution is 7.90. The average molecular weight is 292 g/mol. The molecule has 1 saturated heterocycles. The molecule has 0 aromatic carbocycles. The number of nitrogens with zero attached hydrogens (tertiary/aromatic N) is 1. The van der Waals surface area contributed by atoms with Gasteiger partial charge >= 0.3 is 12.0 Å². The Bertz CT molecular complexity index is 448. The predicted molar refractivity (Wildman–Crippen MR) is 69.6 cm³/mol. The standard InChI is InChI=1S/C11H20N2O5S/c1-8(7-19(2,17)18)12-11(16)13-5-3-4-9(6-13)10(14)15/h8-9H,3-7H2,1-2H3,(H,12,16)(H,14,15). The number of hydrogen-bond donors (Lipinski definition) is 2. The zero-order valence-electron chi connectivity index (χ0n) is 11.1. The molecule has 7 nitrogen and oxygen atoms in total. The number of carboxylic acids is 1. The Morgan fingerprint density at radius 2 is 2.11 bits per heavy atom. The number of likely N-dealkylation sites (tertiary alicyclic amines) is 1. The second-order valence-electron chi connectivity index (χ2n) is 5.07. The third-order valence-electron chi connectivity index (χ3n) is 2.98. The molecular weight excluding hydrogens is 272 g/mol. The molecular formula is C11H20N2O5S. The lowest BCUT2D eigenvalue weighted by molar-refractivity contribution is -0.143. The zero-order valence-corrected chi connectivity index (χ0v) is 11.9. The molecule has 0 radical (unpaired) electrons. The molecule has 0 spiro atoms. The van der Waals surface area contributed by atoms with Gasteiger partial charge < -0.3 is 15.3 Å². The number of piperidine rings is 1. The van der Waals surface area contributed by atoms with Crippen LogP contribution in [0.1, 0.15) is 19.8 Å². The first kappa shape index (κ1) is 15.7. The topological polar surface area (TPSA) is 104 Å². The number of nitrogens with one attached hydrogen (secondary N) is 1. The van der Waals surface area contributed by atoms with Crippen molar-refractivity contribution in [1.82, 2.24) is 10.2 Å². The molecule has 110 valence electrons. The van der Waals surface area contributed by atoms with Crippen molar-refractivity contribution >= 4 is 21.8 Å². The van der Waals surface area contributed by atoms with Crippen LogP contribution in [0.2, 0.25) is 0 Å². The number of carbonyl (C=O) groups is 2.